The van der Waals surface area contributed by atoms with E-state index in [1.807, 2.05) is 19.2 Å². The summed E-state index contributed by atoms with van der Waals surface area (Å²) in [5.74, 6) is 0. The highest BCUT2D eigenvalue weighted by Crippen LogP contribution is 2.19. The molecule has 0 saturated carbocycles. The SMILES string of the molecule is CNCC1CCCCN1Cc1ccnc(C#N)c1. The maximum Gasteiger partial charge on any atom is 0.140 e. The van der Waals surface area contributed by atoms with Gasteiger partial charge in [0.1, 0.15) is 11.8 Å². The summed E-state index contributed by atoms with van der Waals surface area (Å²) >= 11 is 0. The number of hydrogen-bond acceptors (Lipinski definition) is 4. The number of rotatable bonds is 4. The Balaban J connectivity index is 2.03. The summed E-state index contributed by atoms with van der Waals surface area (Å²) in [6, 6.07) is 6.61. The largest absolute Gasteiger partial charge is 0.318 e. The molecule has 0 bridgehead atoms. The number of nitrogens with zero attached hydrogens (tertiary/aromatic N) is 3. The number of likely N-dealkylation sites (tertiary alicyclic amines) is 1. The zero-order valence-electron chi connectivity index (χ0n) is 10.9. The number of pyridine rings is 1. The Kier molecular flexibility index (Phi) is 4.68. The van der Waals surface area contributed by atoms with Gasteiger partial charge in [0.15, 0.2) is 0 Å². The first kappa shape index (κ1) is 13.0. The lowest BCUT2D eigenvalue weighted by atomic mass is 10.0. The van der Waals surface area contributed by atoms with E-state index in [0.717, 1.165) is 19.6 Å². The molecular weight excluding hydrogens is 224 g/mol. The van der Waals surface area contributed by atoms with Crippen molar-refractivity contribution in [3.05, 3.63) is 29.6 Å². The summed E-state index contributed by atoms with van der Waals surface area (Å²) in [5.41, 5.74) is 1.69. The van der Waals surface area contributed by atoms with Crippen molar-refractivity contribution in [3.63, 3.8) is 0 Å². The van der Waals surface area contributed by atoms with E-state index in [1.165, 1.54) is 24.8 Å². The molecule has 2 heterocycles. The zero-order valence-corrected chi connectivity index (χ0v) is 10.9. The van der Waals surface area contributed by atoms with E-state index in [2.05, 4.69) is 21.3 Å². The summed E-state index contributed by atoms with van der Waals surface area (Å²) in [6.07, 6.45) is 5.58. The molecule has 0 radical (unpaired) electrons. The number of nitrogens with one attached hydrogen (secondary N) is 1. The van der Waals surface area contributed by atoms with Gasteiger partial charge in [0.25, 0.3) is 0 Å². The second kappa shape index (κ2) is 6.48. The van der Waals surface area contributed by atoms with E-state index in [1.54, 1.807) is 6.20 Å². The molecule has 1 aliphatic rings. The van der Waals surface area contributed by atoms with Gasteiger partial charge >= 0.3 is 0 Å². The Morgan fingerprint density at radius 2 is 2.44 bits per heavy atom. The Hall–Kier alpha value is -1.44. The maximum absolute atomic E-state index is 8.87. The van der Waals surface area contributed by atoms with Gasteiger partial charge in [0.2, 0.25) is 0 Å². The molecule has 1 unspecified atom stereocenters. The lowest BCUT2D eigenvalue weighted by molar-refractivity contribution is 0.139. The minimum absolute atomic E-state index is 0.509. The third-order valence-corrected chi connectivity index (χ3v) is 3.51. The number of nitriles is 1. The van der Waals surface area contributed by atoms with Gasteiger partial charge in [-0.3, -0.25) is 4.90 Å². The lowest BCUT2D eigenvalue weighted by Crippen LogP contribution is -2.44. The van der Waals surface area contributed by atoms with Crippen LogP contribution in [-0.2, 0) is 6.54 Å². The molecule has 1 aromatic rings. The minimum atomic E-state index is 0.509. The smallest absolute Gasteiger partial charge is 0.140 e. The van der Waals surface area contributed by atoms with Crippen molar-refractivity contribution >= 4 is 0 Å². The van der Waals surface area contributed by atoms with Crippen LogP contribution in [-0.4, -0.2) is 36.1 Å². The van der Waals surface area contributed by atoms with Crippen LogP contribution in [0.1, 0.15) is 30.5 Å². The van der Waals surface area contributed by atoms with E-state index in [4.69, 9.17) is 5.26 Å². The van der Waals surface area contributed by atoms with E-state index < -0.39 is 0 Å². The molecular formula is C14H20N4. The van der Waals surface area contributed by atoms with Gasteiger partial charge in [-0.05, 0) is 44.1 Å². The molecule has 1 fully saturated rings. The number of piperidine rings is 1. The molecule has 0 amide bonds. The van der Waals surface area contributed by atoms with Crippen molar-refractivity contribution < 1.29 is 0 Å². The fraction of sp³-hybridized carbons (Fsp3) is 0.571. The Morgan fingerprint density at radius 3 is 3.22 bits per heavy atom. The van der Waals surface area contributed by atoms with Crippen LogP contribution < -0.4 is 5.32 Å². The molecule has 1 aromatic heterocycles. The molecule has 0 aliphatic carbocycles. The molecule has 18 heavy (non-hydrogen) atoms. The summed E-state index contributed by atoms with van der Waals surface area (Å²) in [6.45, 7) is 3.11. The van der Waals surface area contributed by atoms with Gasteiger partial charge in [-0.2, -0.15) is 5.26 Å². The van der Waals surface area contributed by atoms with Crippen molar-refractivity contribution in [2.45, 2.75) is 31.8 Å². The molecule has 4 heteroatoms. The summed E-state index contributed by atoms with van der Waals surface area (Å²) in [4.78, 5) is 6.52. The van der Waals surface area contributed by atoms with Gasteiger partial charge in [-0.15, -0.1) is 0 Å². The molecule has 0 spiro atoms. The van der Waals surface area contributed by atoms with Crippen LogP contribution in [0.15, 0.2) is 18.3 Å². The van der Waals surface area contributed by atoms with Gasteiger partial charge < -0.3 is 5.32 Å². The maximum atomic E-state index is 8.87. The van der Waals surface area contributed by atoms with Gasteiger partial charge in [-0.25, -0.2) is 4.98 Å². The molecule has 1 aliphatic heterocycles. The molecule has 96 valence electrons. The summed E-state index contributed by atoms with van der Waals surface area (Å²) in [5, 5.41) is 12.1. The molecule has 1 atom stereocenters. The first-order chi connectivity index (χ1) is 8.83. The quantitative estimate of drug-likeness (QED) is 0.872. The molecule has 4 nitrogen and oxygen atoms in total. The van der Waals surface area contributed by atoms with Crippen LogP contribution in [0, 0.1) is 11.3 Å². The standard InChI is InChI=1S/C14H20N4/c1-16-10-14-4-2-3-7-18(14)11-12-5-6-17-13(8-12)9-15/h5-6,8,14,16H,2-4,7,10-11H2,1H3. The van der Waals surface area contributed by atoms with Crippen LogP contribution in [0.3, 0.4) is 0 Å². The van der Waals surface area contributed by atoms with E-state index in [9.17, 15) is 0 Å². The summed E-state index contributed by atoms with van der Waals surface area (Å²) in [7, 11) is 2.01. The molecule has 2 rings (SSSR count). The predicted molar refractivity (Wildman–Crippen MR) is 70.9 cm³/mol. The normalized spacial score (nSPS) is 20.6. The predicted octanol–water partition coefficient (Wildman–Crippen LogP) is 1.53. The van der Waals surface area contributed by atoms with Crippen LogP contribution >= 0.6 is 0 Å². The van der Waals surface area contributed by atoms with Crippen LogP contribution in [0.2, 0.25) is 0 Å². The monoisotopic (exact) mass is 244 g/mol. The fourth-order valence-electron chi connectivity index (χ4n) is 2.60. The van der Waals surface area contributed by atoms with Crippen molar-refractivity contribution in [2.24, 2.45) is 0 Å². The summed E-state index contributed by atoms with van der Waals surface area (Å²) < 4.78 is 0. The van der Waals surface area contributed by atoms with Gasteiger partial charge in [0.05, 0.1) is 0 Å². The van der Waals surface area contributed by atoms with Crippen LogP contribution in [0.25, 0.3) is 0 Å². The molecule has 1 N–H and O–H groups in total. The third kappa shape index (κ3) is 3.28. The number of likely N-dealkylation sites (N-methyl/N-ethyl adjacent to an activating group) is 1. The minimum Gasteiger partial charge on any atom is -0.318 e. The van der Waals surface area contributed by atoms with Crippen molar-refractivity contribution in [1.29, 1.82) is 5.26 Å². The average Bonchev–Trinajstić information content (AvgIpc) is 2.41. The van der Waals surface area contributed by atoms with E-state index >= 15 is 0 Å². The van der Waals surface area contributed by atoms with Crippen molar-refractivity contribution in [2.75, 3.05) is 20.1 Å². The fourth-order valence-corrected chi connectivity index (χ4v) is 2.60. The van der Waals surface area contributed by atoms with Gasteiger partial charge in [-0.1, -0.05) is 6.42 Å². The molecule has 0 aromatic carbocycles. The molecule has 1 saturated heterocycles. The number of hydrogen-bond donors (Lipinski definition) is 1. The second-order valence-electron chi connectivity index (χ2n) is 4.84. The highest BCUT2D eigenvalue weighted by molar-refractivity contribution is 5.25. The van der Waals surface area contributed by atoms with E-state index in [-0.39, 0.29) is 0 Å². The Bertz CT molecular complexity index is 422. The van der Waals surface area contributed by atoms with Gasteiger partial charge in [0, 0.05) is 25.3 Å². The van der Waals surface area contributed by atoms with Crippen LogP contribution in [0.5, 0.6) is 0 Å². The topological polar surface area (TPSA) is 52.0 Å². The zero-order chi connectivity index (χ0) is 12.8. The highest BCUT2D eigenvalue weighted by Gasteiger charge is 2.21. The lowest BCUT2D eigenvalue weighted by Gasteiger charge is -2.35. The Morgan fingerprint density at radius 1 is 1.56 bits per heavy atom. The third-order valence-electron chi connectivity index (χ3n) is 3.51. The Labute approximate surface area is 109 Å². The first-order valence-electron chi connectivity index (χ1n) is 6.57. The van der Waals surface area contributed by atoms with Crippen molar-refractivity contribution in [3.8, 4) is 6.07 Å². The van der Waals surface area contributed by atoms with Crippen molar-refractivity contribution in [1.82, 2.24) is 15.2 Å². The first-order valence-corrected chi connectivity index (χ1v) is 6.57. The average molecular weight is 244 g/mol. The second-order valence-corrected chi connectivity index (χ2v) is 4.84. The van der Waals surface area contributed by atoms with Crippen LogP contribution in [0.4, 0.5) is 0 Å². The number of aromatic nitrogens is 1. The van der Waals surface area contributed by atoms with E-state index in [0.29, 0.717) is 11.7 Å². The highest BCUT2D eigenvalue weighted by atomic mass is 15.2.